The number of ether oxygens (including phenoxy) is 1. The van der Waals surface area contributed by atoms with E-state index in [-0.39, 0.29) is 36.1 Å². The maximum atomic E-state index is 13.2. The van der Waals surface area contributed by atoms with E-state index < -0.39 is 22.0 Å². The first kappa shape index (κ1) is 24.1. The van der Waals surface area contributed by atoms with Gasteiger partial charge >= 0.3 is 5.97 Å². The molecule has 1 fully saturated rings. The number of aromatic nitrogens is 2. The number of rotatable bonds is 7. The number of aryl methyl sites for hydroxylation is 3. The molecule has 1 N–H and O–H groups in total. The average Bonchev–Trinajstić information content (AvgIpc) is 3.24. The van der Waals surface area contributed by atoms with Gasteiger partial charge in [0.15, 0.2) is 11.5 Å². The van der Waals surface area contributed by atoms with Crippen LogP contribution in [0, 0.1) is 27.7 Å². The number of aromatic amines is 1. The summed E-state index contributed by atoms with van der Waals surface area (Å²) in [5, 5.41) is 3.75. The van der Waals surface area contributed by atoms with Crippen LogP contribution in [0.1, 0.15) is 57.4 Å². The highest BCUT2D eigenvalue weighted by molar-refractivity contribution is 7.89. The first-order chi connectivity index (χ1) is 15.0. The highest BCUT2D eigenvalue weighted by Crippen LogP contribution is 2.26. The number of esters is 1. The number of nitrogens with zero attached hydrogens (tertiary/aromatic N) is 3. The molecule has 1 atom stereocenters. The zero-order valence-electron chi connectivity index (χ0n) is 19.3. The minimum absolute atomic E-state index is 0.110. The maximum Gasteiger partial charge on any atom is 0.340 e. The molecule has 32 heavy (non-hydrogen) atoms. The van der Waals surface area contributed by atoms with E-state index in [4.69, 9.17) is 9.26 Å². The monoisotopic (exact) mass is 466 g/mol. The second kappa shape index (κ2) is 9.16. The zero-order valence-corrected chi connectivity index (χ0v) is 20.1. The van der Waals surface area contributed by atoms with Crippen LogP contribution in [0.25, 0.3) is 0 Å². The van der Waals surface area contributed by atoms with E-state index in [1.54, 1.807) is 41.5 Å². The number of piperazine rings is 1. The number of nitrogens with one attached hydrogen (secondary N) is 1. The Bertz CT molecular complexity index is 1110. The summed E-state index contributed by atoms with van der Waals surface area (Å²) in [5.74, 6) is -0.338. The summed E-state index contributed by atoms with van der Waals surface area (Å²) < 4.78 is 37.5. The minimum atomic E-state index is -3.72. The first-order valence-electron chi connectivity index (χ1n) is 10.6. The Kier molecular flexibility index (Phi) is 6.91. The largest absolute Gasteiger partial charge is 0.462 e. The van der Waals surface area contributed by atoms with Gasteiger partial charge in [-0.05, 0) is 47.1 Å². The summed E-state index contributed by atoms with van der Waals surface area (Å²) >= 11 is 0. The molecule has 0 aromatic carbocycles. The summed E-state index contributed by atoms with van der Waals surface area (Å²) in [6.45, 7) is 11.7. The van der Waals surface area contributed by atoms with Gasteiger partial charge < -0.3 is 14.2 Å². The number of H-pyrrole nitrogens is 1. The van der Waals surface area contributed by atoms with Gasteiger partial charge in [-0.15, -0.1) is 0 Å². The Balaban J connectivity index is 1.72. The quantitative estimate of drug-likeness (QED) is 0.485. The SMILES string of the molecule is CCOC(=O)c1c(C)[nH]c(C(=O)C(C)N2CCN(S(=O)(=O)c3c(C)noc3C)CC2)c1C. The zero-order chi connectivity index (χ0) is 23.8. The van der Waals surface area contributed by atoms with Crippen LogP contribution in [-0.4, -0.2) is 78.3 Å². The Morgan fingerprint density at radius 3 is 2.31 bits per heavy atom. The van der Waals surface area contributed by atoms with Crippen molar-refractivity contribution in [1.29, 1.82) is 0 Å². The van der Waals surface area contributed by atoms with Crippen molar-refractivity contribution in [2.75, 3.05) is 32.8 Å². The number of sulfonamides is 1. The van der Waals surface area contributed by atoms with E-state index in [1.165, 1.54) is 4.31 Å². The second-order valence-electron chi connectivity index (χ2n) is 7.98. The minimum Gasteiger partial charge on any atom is -0.462 e. The molecule has 0 bridgehead atoms. The molecule has 2 aromatic rings. The smallest absolute Gasteiger partial charge is 0.340 e. The fourth-order valence-corrected chi connectivity index (χ4v) is 5.90. The molecule has 0 spiro atoms. The van der Waals surface area contributed by atoms with E-state index in [1.807, 2.05) is 4.90 Å². The normalized spacial score (nSPS) is 16.8. The summed E-state index contributed by atoms with van der Waals surface area (Å²) in [5.41, 5.74) is 2.26. The lowest BCUT2D eigenvalue weighted by Crippen LogP contribution is -2.53. The predicted molar refractivity (Wildman–Crippen MR) is 116 cm³/mol. The van der Waals surface area contributed by atoms with Crippen molar-refractivity contribution in [3.05, 3.63) is 34.0 Å². The molecule has 176 valence electrons. The second-order valence-corrected chi connectivity index (χ2v) is 9.85. The third-order valence-electron chi connectivity index (χ3n) is 5.93. The maximum absolute atomic E-state index is 13.2. The number of carbonyl (C=O) groups is 2. The highest BCUT2D eigenvalue weighted by Gasteiger charge is 2.36. The molecule has 1 aliphatic heterocycles. The Hall–Kier alpha value is -2.50. The van der Waals surface area contributed by atoms with Gasteiger partial charge in [0.25, 0.3) is 0 Å². The van der Waals surface area contributed by atoms with Gasteiger partial charge in [0.05, 0.1) is 23.9 Å². The van der Waals surface area contributed by atoms with Gasteiger partial charge in [0.2, 0.25) is 10.0 Å². The molecule has 1 saturated heterocycles. The average molecular weight is 467 g/mol. The van der Waals surface area contributed by atoms with Gasteiger partial charge in [-0.25, -0.2) is 13.2 Å². The van der Waals surface area contributed by atoms with Crippen LogP contribution < -0.4 is 0 Å². The Labute approximate surface area is 187 Å². The summed E-state index contributed by atoms with van der Waals surface area (Å²) in [6, 6.07) is -0.481. The lowest BCUT2D eigenvalue weighted by Gasteiger charge is -2.36. The van der Waals surface area contributed by atoms with Crippen LogP contribution in [0.4, 0.5) is 0 Å². The van der Waals surface area contributed by atoms with Crippen molar-refractivity contribution in [3.8, 4) is 0 Å². The fourth-order valence-electron chi connectivity index (χ4n) is 4.18. The molecule has 0 saturated carbocycles. The van der Waals surface area contributed by atoms with Crippen LogP contribution >= 0.6 is 0 Å². The summed E-state index contributed by atoms with van der Waals surface area (Å²) in [6.07, 6.45) is 0. The van der Waals surface area contributed by atoms with Crippen LogP contribution in [0.2, 0.25) is 0 Å². The lowest BCUT2D eigenvalue weighted by atomic mass is 10.0. The van der Waals surface area contributed by atoms with Crippen molar-refractivity contribution >= 4 is 21.8 Å². The standard InChI is InChI=1S/C21H30N4O6S/c1-7-30-21(27)17-12(2)18(22-13(17)3)19(26)15(5)24-8-10-25(11-9-24)32(28,29)20-14(4)23-31-16(20)6/h15,22H,7-11H2,1-6H3. The molecular weight excluding hydrogens is 436 g/mol. The molecule has 11 heteroatoms. The molecule has 0 radical (unpaired) electrons. The van der Waals surface area contributed by atoms with E-state index in [2.05, 4.69) is 10.1 Å². The van der Waals surface area contributed by atoms with Crippen molar-refractivity contribution in [3.63, 3.8) is 0 Å². The molecular formula is C21H30N4O6S. The fraction of sp³-hybridized carbons (Fsp3) is 0.571. The van der Waals surface area contributed by atoms with Crippen LogP contribution in [-0.2, 0) is 14.8 Å². The van der Waals surface area contributed by atoms with E-state index in [0.29, 0.717) is 41.3 Å². The van der Waals surface area contributed by atoms with Gasteiger partial charge in [0, 0.05) is 31.9 Å². The molecule has 1 unspecified atom stereocenters. The van der Waals surface area contributed by atoms with Crippen molar-refractivity contribution in [1.82, 2.24) is 19.3 Å². The number of hydrogen-bond donors (Lipinski definition) is 1. The van der Waals surface area contributed by atoms with Crippen molar-refractivity contribution in [2.24, 2.45) is 0 Å². The number of hydrogen-bond acceptors (Lipinski definition) is 8. The van der Waals surface area contributed by atoms with E-state index in [9.17, 15) is 18.0 Å². The van der Waals surface area contributed by atoms with Crippen LogP contribution in [0.5, 0.6) is 0 Å². The number of Topliss-reactive ketones (excluding diaryl/α,β-unsaturated/α-hetero) is 1. The highest BCUT2D eigenvalue weighted by atomic mass is 32.2. The third-order valence-corrected chi connectivity index (χ3v) is 8.07. The first-order valence-corrected chi connectivity index (χ1v) is 12.0. The van der Waals surface area contributed by atoms with Gasteiger partial charge in [-0.1, -0.05) is 5.16 Å². The van der Waals surface area contributed by atoms with Gasteiger partial charge in [-0.3, -0.25) is 9.69 Å². The Morgan fingerprint density at radius 1 is 1.16 bits per heavy atom. The molecule has 0 aliphatic carbocycles. The number of carbonyl (C=O) groups excluding carboxylic acids is 2. The molecule has 1 aliphatic rings. The van der Waals surface area contributed by atoms with Gasteiger partial charge in [0.1, 0.15) is 10.6 Å². The molecule has 2 aromatic heterocycles. The Morgan fingerprint density at radius 2 is 1.78 bits per heavy atom. The summed E-state index contributed by atoms with van der Waals surface area (Å²) in [4.78, 5) is 30.5. The molecule has 3 rings (SSSR count). The van der Waals surface area contributed by atoms with Gasteiger partial charge in [-0.2, -0.15) is 4.31 Å². The van der Waals surface area contributed by atoms with E-state index >= 15 is 0 Å². The number of ketones is 1. The molecule has 0 amide bonds. The summed E-state index contributed by atoms with van der Waals surface area (Å²) in [7, 11) is -3.72. The third kappa shape index (κ3) is 4.24. The lowest BCUT2D eigenvalue weighted by molar-refractivity contribution is 0.0525. The van der Waals surface area contributed by atoms with Crippen LogP contribution in [0.3, 0.4) is 0 Å². The van der Waals surface area contributed by atoms with Crippen molar-refractivity contribution < 1.29 is 27.3 Å². The van der Waals surface area contributed by atoms with E-state index in [0.717, 1.165) is 0 Å². The predicted octanol–water partition coefficient (Wildman–Crippen LogP) is 1.99. The molecule has 10 nitrogen and oxygen atoms in total. The van der Waals surface area contributed by atoms with Crippen LogP contribution in [0.15, 0.2) is 9.42 Å². The molecule has 3 heterocycles. The van der Waals surface area contributed by atoms with Crippen molar-refractivity contribution in [2.45, 2.75) is 52.5 Å². The topological polar surface area (TPSA) is 126 Å².